The number of aromatic nitrogens is 2. The third-order valence-electron chi connectivity index (χ3n) is 4.25. The molecule has 0 spiro atoms. The average molecular weight is 306 g/mol. The molecular weight excluding hydrogens is 288 g/mol. The van der Waals surface area contributed by atoms with Crippen LogP contribution in [0.3, 0.4) is 0 Å². The van der Waals surface area contributed by atoms with E-state index >= 15 is 0 Å². The number of rotatable bonds is 3. The lowest BCUT2D eigenvalue weighted by Gasteiger charge is -2.11. The monoisotopic (exact) mass is 306 g/mol. The lowest BCUT2D eigenvalue weighted by molar-refractivity contribution is 0.184. The first-order valence-electron chi connectivity index (χ1n) is 7.77. The van der Waals surface area contributed by atoms with Crippen LogP contribution in [0.2, 0.25) is 0 Å². The fraction of sp³-hybridized carbons (Fsp3) is 0.222. The topological polar surface area (TPSA) is 62.4 Å². The number of hydrogen-bond donors (Lipinski definition) is 2. The van der Waals surface area contributed by atoms with Crippen molar-refractivity contribution in [3.63, 3.8) is 0 Å². The molecule has 0 saturated heterocycles. The molecule has 4 rings (SSSR count). The van der Waals surface area contributed by atoms with Gasteiger partial charge in [0.2, 0.25) is 0 Å². The molecule has 1 aliphatic rings. The van der Waals surface area contributed by atoms with Gasteiger partial charge in [0, 0.05) is 6.54 Å². The molecule has 2 aromatic carbocycles. The highest BCUT2D eigenvalue weighted by molar-refractivity contribution is 5.85. The van der Waals surface area contributed by atoms with Crippen LogP contribution in [0.4, 0.5) is 5.82 Å². The van der Waals surface area contributed by atoms with Gasteiger partial charge >= 0.3 is 0 Å². The number of nitrogens with zero attached hydrogens (tertiary/aromatic N) is 3. The van der Waals surface area contributed by atoms with Gasteiger partial charge in [-0.25, -0.2) is 4.98 Å². The van der Waals surface area contributed by atoms with E-state index in [1.54, 1.807) is 12.7 Å². The predicted octanol–water partition coefficient (Wildman–Crippen LogP) is 2.77. The molecule has 3 aromatic rings. The van der Waals surface area contributed by atoms with Gasteiger partial charge in [0.15, 0.2) is 0 Å². The Morgan fingerprint density at radius 2 is 2.04 bits per heavy atom. The van der Waals surface area contributed by atoms with Crippen molar-refractivity contribution in [2.45, 2.75) is 19.1 Å². The minimum absolute atomic E-state index is 0.348. The summed E-state index contributed by atoms with van der Waals surface area (Å²) in [5, 5.41) is 15.7. The third kappa shape index (κ3) is 2.59. The number of aliphatic hydroxyl groups excluding tert-OH is 1. The smallest absolute Gasteiger partial charge is 0.137 e. The van der Waals surface area contributed by atoms with Gasteiger partial charge < -0.3 is 15.0 Å². The summed E-state index contributed by atoms with van der Waals surface area (Å²) >= 11 is 0. The van der Waals surface area contributed by atoms with Crippen molar-refractivity contribution in [3.8, 4) is 0 Å². The van der Waals surface area contributed by atoms with E-state index in [-0.39, 0.29) is 0 Å². The summed E-state index contributed by atoms with van der Waals surface area (Å²) in [6.45, 7) is 1.14. The maximum absolute atomic E-state index is 10.1. The number of aliphatic imine (C=N–C) groups is 1. The highest BCUT2D eigenvalue weighted by Crippen LogP contribution is 2.25. The standard InChI is InChI=1S/C18H18N4O/c23-16-10-19-11-20-18-17(16)21-12-22(18)9-8-14-6-3-5-13-4-1-2-7-15(13)14/h1-7,11-12,16,23H,8-10H2,(H,19,20). The van der Waals surface area contributed by atoms with Crippen molar-refractivity contribution in [3.05, 3.63) is 60.0 Å². The van der Waals surface area contributed by atoms with Crippen LogP contribution < -0.4 is 5.32 Å². The van der Waals surface area contributed by atoms with Crippen LogP contribution in [0.25, 0.3) is 10.8 Å². The summed E-state index contributed by atoms with van der Waals surface area (Å²) in [6, 6.07) is 14.8. The van der Waals surface area contributed by atoms with Gasteiger partial charge in [0.1, 0.15) is 17.6 Å². The van der Waals surface area contributed by atoms with Gasteiger partial charge in [-0.1, -0.05) is 42.5 Å². The number of benzene rings is 2. The van der Waals surface area contributed by atoms with Gasteiger partial charge in [0.05, 0.1) is 19.2 Å². The molecule has 1 unspecified atom stereocenters. The van der Waals surface area contributed by atoms with Crippen LogP contribution in [0.1, 0.15) is 17.4 Å². The Balaban J connectivity index is 1.61. The van der Waals surface area contributed by atoms with Crippen molar-refractivity contribution in [1.29, 1.82) is 0 Å². The normalized spacial score (nSPS) is 16.8. The molecule has 1 atom stereocenters. The zero-order chi connectivity index (χ0) is 15.6. The van der Waals surface area contributed by atoms with Gasteiger partial charge in [-0.05, 0) is 22.8 Å². The molecule has 0 saturated carbocycles. The Bertz CT molecular complexity index is 863. The Kier molecular flexibility index (Phi) is 3.55. The molecule has 0 bridgehead atoms. The summed E-state index contributed by atoms with van der Waals surface area (Å²) in [7, 11) is 0. The van der Waals surface area contributed by atoms with E-state index in [0.29, 0.717) is 12.2 Å². The number of aliphatic hydroxyl groups is 1. The first-order valence-corrected chi connectivity index (χ1v) is 7.77. The maximum atomic E-state index is 10.1. The molecule has 1 aliphatic heterocycles. The Morgan fingerprint density at radius 1 is 1.17 bits per heavy atom. The third-order valence-corrected chi connectivity index (χ3v) is 4.25. The zero-order valence-electron chi connectivity index (χ0n) is 12.7. The van der Waals surface area contributed by atoms with Crippen LogP contribution in [0.5, 0.6) is 0 Å². The molecule has 2 heterocycles. The van der Waals surface area contributed by atoms with Crippen LogP contribution in [-0.4, -0.2) is 27.5 Å². The van der Waals surface area contributed by atoms with E-state index in [9.17, 15) is 5.11 Å². The van der Waals surface area contributed by atoms with Crippen molar-refractivity contribution in [2.75, 3.05) is 11.9 Å². The van der Waals surface area contributed by atoms with E-state index in [4.69, 9.17) is 0 Å². The maximum Gasteiger partial charge on any atom is 0.137 e. The Hall–Kier alpha value is -2.66. The lowest BCUT2D eigenvalue weighted by atomic mass is 10.0. The van der Waals surface area contributed by atoms with E-state index in [0.717, 1.165) is 18.8 Å². The van der Waals surface area contributed by atoms with E-state index in [2.05, 4.69) is 57.8 Å². The number of aryl methyl sites for hydroxylation is 2. The number of nitrogens with one attached hydrogen (secondary N) is 1. The van der Waals surface area contributed by atoms with E-state index < -0.39 is 6.10 Å². The molecule has 2 N–H and O–H groups in total. The minimum atomic E-state index is -0.643. The second-order valence-corrected chi connectivity index (χ2v) is 5.71. The largest absolute Gasteiger partial charge is 0.385 e. The van der Waals surface area contributed by atoms with Gasteiger partial charge in [-0.15, -0.1) is 0 Å². The van der Waals surface area contributed by atoms with Gasteiger partial charge in [-0.2, -0.15) is 0 Å². The van der Waals surface area contributed by atoms with Gasteiger partial charge in [0.25, 0.3) is 0 Å². The molecule has 116 valence electrons. The first-order chi connectivity index (χ1) is 11.3. The Morgan fingerprint density at radius 3 is 3.00 bits per heavy atom. The Labute approximate surface area is 134 Å². The predicted molar refractivity (Wildman–Crippen MR) is 91.8 cm³/mol. The number of hydrogen-bond acceptors (Lipinski definition) is 4. The highest BCUT2D eigenvalue weighted by atomic mass is 16.3. The number of imidazole rings is 1. The minimum Gasteiger partial charge on any atom is -0.385 e. The summed E-state index contributed by atoms with van der Waals surface area (Å²) in [5.41, 5.74) is 1.98. The van der Waals surface area contributed by atoms with Crippen LogP contribution >= 0.6 is 0 Å². The molecular formula is C18H18N4O. The summed E-state index contributed by atoms with van der Waals surface area (Å²) in [6.07, 6.45) is 3.67. The molecule has 5 heteroatoms. The molecule has 5 nitrogen and oxygen atoms in total. The second-order valence-electron chi connectivity index (χ2n) is 5.71. The fourth-order valence-electron chi connectivity index (χ4n) is 3.07. The molecule has 0 amide bonds. The second kappa shape index (κ2) is 5.85. The van der Waals surface area contributed by atoms with Crippen LogP contribution in [0, 0.1) is 0 Å². The van der Waals surface area contributed by atoms with E-state index in [1.165, 1.54) is 16.3 Å². The quantitative estimate of drug-likeness (QED) is 0.782. The molecule has 0 radical (unpaired) electrons. The SMILES string of the molecule is OC1CN=CNc2c1ncn2CCc1cccc2ccccc12. The lowest BCUT2D eigenvalue weighted by Crippen LogP contribution is -2.08. The van der Waals surface area contributed by atoms with Crippen molar-refractivity contribution in [1.82, 2.24) is 9.55 Å². The molecule has 0 fully saturated rings. The van der Waals surface area contributed by atoms with Crippen LogP contribution in [-0.2, 0) is 13.0 Å². The van der Waals surface area contributed by atoms with Gasteiger partial charge in [-0.3, -0.25) is 4.99 Å². The fourth-order valence-corrected chi connectivity index (χ4v) is 3.07. The first kappa shape index (κ1) is 14.0. The molecule has 1 aromatic heterocycles. The molecule has 23 heavy (non-hydrogen) atoms. The summed E-state index contributed by atoms with van der Waals surface area (Å²) in [4.78, 5) is 8.44. The summed E-state index contributed by atoms with van der Waals surface area (Å²) in [5.74, 6) is 0.832. The van der Waals surface area contributed by atoms with Crippen molar-refractivity contribution in [2.24, 2.45) is 4.99 Å². The number of anilines is 1. The highest BCUT2D eigenvalue weighted by Gasteiger charge is 2.19. The number of fused-ring (bicyclic) bond motifs is 2. The van der Waals surface area contributed by atoms with Crippen LogP contribution in [0.15, 0.2) is 53.8 Å². The van der Waals surface area contributed by atoms with Crippen molar-refractivity contribution >= 4 is 22.9 Å². The van der Waals surface area contributed by atoms with E-state index in [1.807, 2.05) is 4.57 Å². The van der Waals surface area contributed by atoms with Crippen molar-refractivity contribution < 1.29 is 5.11 Å². The molecule has 0 aliphatic carbocycles. The average Bonchev–Trinajstić information content (AvgIpc) is 2.90. The zero-order valence-corrected chi connectivity index (χ0v) is 12.7. The summed E-state index contributed by atoms with van der Waals surface area (Å²) < 4.78 is 2.04.